The fourth-order valence-corrected chi connectivity index (χ4v) is 3.15. The topological polar surface area (TPSA) is 46.2 Å². The van der Waals surface area contributed by atoms with Crippen LogP contribution >= 0.6 is 0 Å². The normalized spacial score (nSPS) is 13.1. The summed E-state index contributed by atoms with van der Waals surface area (Å²) in [5, 5.41) is 3.05. The van der Waals surface area contributed by atoms with Gasteiger partial charge >= 0.3 is 0 Å². The standard InChI is InChI=1S/C16H19NO2S/c1-17-16(12-20(2,18)19)15-10-8-14(9-11-15)13-6-4-3-5-7-13/h3-11,16-17H,12H2,1-2H3. The molecule has 0 heterocycles. The summed E-state index contributed by atoms with van der Waals surface area (Å²) in [6.45, 7) is 0. The van der Waals surface area contributed by atoms with Gasteiger partial charge in [-0.25, -0.2) is 8.42 Å². The molecule has 0 aromatic heterocycles. The molecule has 0 saturated heterocycles. The summed E-state index contributed by atoms with van der Waals surface area (Å²) in [5.74, 6) is 0.105. The Balaban J connectivity index is 2.23. The molecule has 0 aliphatic carbocycles. The van der Waals surface area contributed by atoms with Gasteiger partial charge in [0, 0.05) is 12.3 Å². The molecule has 0 bridgehead atoms. The fraction of sp³-hybridized carbons (Fsp3) is 0.250. The van der Waals surface area contributed by atoms with E-state index in [1.54, 1.807) is 7.05 Å². The number of benzene rings is 2. The first-order valence-electron chi connectivity index (χ1n) is 6.50. The summed E-state index contributed by atoms with van der Waals surface area (Å²) in [6.07, 6.45) is 1.26. The molecule has 0 radical (unpaired) electrons. The number of sulfone groups is 1. The molecule has 4 heteroatoms. The minimum atomic E-state index is -3.01. The Labute approximate surface area is 120 Å². The van der Waals surface area contributed by atoms with Crippen LogP contribution in [0.5, 0.6) is 0 Å². The van der Waals surface area contributed by atoms with E-state index in [4.69, 9.17) is 0 Å². The molecule has 0 spiro atoms. The Morgan fingerprint density at radius 2 is 1.50 bits per heavy atom. The number of hydrogen-bond donors (Lipinski definition) is 1. The van der Waals surface area contributed by atoms with Gasteiger partial charge in [-0.15, -0.1) is 0 Å². The van der Waals surface area contributed by atoms with Gasteiger partial charge < -0.3 is 5.32 Å². The van der Waals surface area contributed by atoms with Crippen molar-refractivity contribution < 1.29 is 8.42 Å². The van der Waals surface area contributed by atoms with Crippen LogP contribution in [0.4, 0.5) is 0 Å². The highest BCUT2D eigenvalue weighted by atomic mass is 32.2. The highest BCUT2D eigenvalue weighted by molar-refractivity contribution is 7.90. The summed E-state index contributed by atoms with van der Waals surface area (Å²) in [4.78, 5) is 0. The van der Waals surface area contributed by atoms with Crippen molar-refractivity contribution in [1.82, 2.24) is 5.32 Å². The molecule has 2 aromatic carbocycles. The van der Waals surface area contributed by atoms with Crippen molar-refractivity contribution in [3.63, 3.8) is 0 Å². The average molecular weight is 289 g/mol. The van der Waals surface area contributed by atoms with Gasteiger partial charge in [0.2, 0.25) is 0 Å². The van der Waals surface area contributed by atoms with Crippen LogP contribution < -0.4 is 5.32 Å². The van der Waals surface area contributed by atoms with Crippen LogP contribution in [0.2, 0.25) is 0 Å². The van der Waals surface area contributed by atoms with E-state index in [1.165, 1.54) is 6.26 Å². The van der Waals surface area contributed by atoms with E-state index >= 15 is 0 Å². The Morgan fingerprint density at radius 3 is 2.00 bits per heavy atom. The zero-order valence-electron chi connectivity index (χ0n) is 11.7. The molecule has 106 valence electrons. The molecule has 0 fully saturated rings. The van der Waals surface area contributed by atoms with Crippen molar-refractivity contribution in [2.45, 2.75) is 6.04 Å². The van der Waals surface area contributed by atoms with Crippen LogP contribution in [0.3, 0.4) is 0 Å². The lowest BCUT2D eigenvalue weighted by Gasteiger charge is -2.16. The largest absolute Gasteiger partial charge is 0.312 e. The molecule has 0 aliphatic rings. The quantitative estimate of drug-likeness (QED) is 0.920. The van der Waals surface area contributed by atoms with Gasteiger partial charge in [-0.3, -0.25) is 0 Å². The molecule has 0 saturated carbocycles. The van der Waals surface area contributed by atoms with Crippen LogP contribution in [0.1, 0.15) is 11.6 Å². The molecular weight excluding hydrogens is 270 g/mol. The molecule has 1 N–H and O–H groups in total. The smallest absolute Gasteiger partial charge is 0.149 e. The van der Waals surface area contributed by atoms with Crippen LogP contribution in [0.25, 0.3) is 11.1 Å². The number of rotatable bonds is 5. The van der Waals surface area contributed by atoms with Gasteiger partial charge in [0.15, 0.2) is 0 Å². The van der Waals surface area contributed by atoms with Crippen LogP contribution in [0, 0.1) is 0 Å². The lowest BCUT2D eigenvalue weighted by molar-refractivity contribution is 0.579. The first kappa shape index (κ1) is 14.8. The zero-order valence-corrected chi connectivity index (χ0v) is 12.5. The molecule has 1 unspecified atom stereocenters. The monoisotopic (exact) mass is 289 g/mol. The number of hydrogen-bond acceptors (Lipinski definition) is 3. The van der Waals surface area contributed by atoms with Crippen LogP contribution in [-0.2, 0) is 9.84 Å². The SMILES string of the molecule is CNC(CS(C)(=O)=O)c1ccc(-c2ccccc2)cc1. The predicted molar refractivity (Wildman–Crippen MR) is 83.4 cm³/mol. The molecule has 0 amide bonds. The molecule has 2 rings (SSSR count). The molecule has 20 heavy (non-hydrogen) atoms. The Bertz CT molecular complexity index is 649. The minimum Gasteiger partial charge on any atom is -0.312 e. The van der Waals surface area contributed by atoms with E-state index in [-0.39, 0.29) is 11.8 Å². The van der Waals surface area contributed by atoms with E-state index in [1.807, 2.05) is 42.5 Å². The Kier molecular flexibility index (Phi) is 4.57. The maximum Gasteiger partial charge on any atom is 0.149 e. The predicted octanol–water partition coefficient (Wildman–Crippen LogP) is 2.66. The summed E-state index contributed by atoms with van der Waals surface area (Å²) < 4.78 is 22.8. The third-order valence-corrected chi connectivity index (χ3v) is 4.18. The highest BCUT2D eigenvalue weighted by Gasteiger charge is 2.15. The lowest BCUT2D eigenvalue weighted by atomic mass is 10.0. The Morgan fingerprint density at radius 1 is 0.950 bits per heavy atom. The third-order valence-electron chi connectivity index (χ3n) is 3.24. The van der Waals surface area contributed by atoms with Gasteiger partial charge in [0.1, 0.15) is 9.84 Å². The third kappa shape index (κ3) is 3.92. The molecule has 0 aliphatic heterocycles. The van der Waals surface area contributed by atoms with Crippen LogP contribution in [-0.4, -0.2) is 27.5 Å². The molecule has 1 atom stereocenters. The lowest BCUT2D eigenvalue weighted by Crippen LogP contribution is -2.24. The van der Waals surface area contributed by atoms with Gasteiger partial charge in [0.25, 0.3) is 0 Å². The van der Waals surface area contributed by atoms with Crippen molar-refractivity contribution in [2.75, 3.05) is 19.1 Å². The van der Waals surface area contributed by atoms with Gasteiger partial charge in [-0.1, -0.05) is 54.6 Å². The van der Waals surface area contributed by atoms with E-state index in [2.05, 4.69) is 17.4 Å². The van der Waals surface area contributed by atoms with E-state index in [0.717, 1.165) is 16.7 Å². The second-order valence-electron chi connectivity index (χ2n) is 4.92. The van der Waals surface area contributed by atoms with Crippen molar-refractivity contribution in [3.8, 4) is 11.1 Å². The second kappa shape index (κ2) is 6.20. The van der Waals surface area contributed by atoms with Crippen molar-refractivity contribution in [1.29, 1.82) is 0 Å². The maximum atomic E-state index is 11.4. The molecule has 3 nitrogen and oxygen atoms in total. The van der Waals surface area contributed by atoms with Crippen molar-refractivity contribution in [3.05, 3.63) is 60.2 Å². The highest BCUT2D eigenvalue weighted by Crippen LogP contribution is 2.22. The fourth-order valence-electron chi connectivity index (χ4n) is 2.19. The van der Waals surface area contributed by atoms with E-state index in [0.29, 0.717) is 0 Å². The van der Waals surface area contributed by atoms with Crippen LogP contribution in [0.15, 0.2) is 54.6 Å². The first-order chi connectivity index (χ1) is 9.49. The number of nitrogens with one attached hydrogen (secondary N) is 1. The molecule has 2 aromatic rings. The van der Waals surface area contributed by atoms with Gasteiger partial charge in [0.05, 0.1) is 5.75 Å². The van der Waals surface area contributed by atoms with E-state index < -0.39 is 9.84 Å². The second-order valence-corrected chi connectivity index (χ2v) is 7.11. The maximum absolute atomic E-state index is 11.4. The Hall–Kier alpha value is -1.65. The van der Waals surface area contributed by atoms with E-state index in [9.17, 15) is 8.42 Å². The minimum absolute atomic E-state index is 0.105. The summed E-state index contributed by atoms with van der Waals surface area (Å²) in [7, 11) is -1.23. The summed E-state index contributed by atoms with van der Waals surface area (Å²) in [6, 6.07) is 17.9. The zero-order chi connectivity index (χ0) is 14.6. The van der Waals surface area contributed by atoms with Gasteiger partial charge in [-0.05, 0) is 23.7 Å². The summed E-state index contributed by atoms with van der Waals surface area (Å²) in [5.41, 5.74) is 3.27. The van der Waals surface area contributed by atoms with Crippen molar-refractivity contribution in [2.24, 2.45) is 0 Å². The summed E-state index contributed by atoms with van der Waals surface area (Å²) >= 11 is 0. The van der Waals surface area contributed by atoms with Gasteiger partial charge in [-0.2, -0.15) is 0 Å². The molecular formula is C16H19NO2S. The van der Waals surface area contributed by atoms with Crippen molar-refractivity contribution >= 4 is 9.84 Å². The first-order valence-corrected chi connectivity index (χ1v) is 8.56. The average Bonchev–Trinajstić information content (AvgIpc) is 2.45.